The number of piperazine rings is 1. The number of halogens is 1. The zero-order chi connectivity index (χ0) is 13.0. The Bertz CT molecular complexity index is 381. The van der Waals surface area contributed by atoms with Crippen LogP contribution in [-0.4, -0.2) is 25.2 Å². The third-order valence-electron chi connectivity index (χ3n) is 3.75. The van der Waals surface area contributed by atoms with Gasteiger partial charge in [-0.1, -0.05) is 26.3 Å². The SMILES string of the molecule is CCCC1CN(c2cccc(F)c2)C(CC)CN1. The lowest BCUT2D eigenvalue weighted by Crippen LogP contribution is -2.56. The lowest BCUT2D eigenvalue weighted by atomic mass is 10.0. The second kappa shape index (κ2) is 6.19. The average molecular weight is 250 g/mol. The molecule has 1 aliphatic heterocycles. The second-order valence-electron chi connectivity index (χ2n) is 5.09. The smallest absolute Gasteiger partial charge is 0.125 e. The van der Waals surface area contributed by atoms with Gasteiger partial charge in [0.2, 0.25) is 0 Å². The molecule has 2 nitrogen and oxygen atoms in total. The van der Waals surface area contributed by atoms with E-state index in [1.165, 1.54) is 18.9 Å². The lowest BCUT2D eigenvalue weighted by molar-refractivity contribution is 0.369. The molecule has 1 aromatic carbocycles. The van der Waals surface area contributed by atoms with Gasteiger partial charge < -0.3 is 10.2 Å². The Morgan fingerprint density at radius 3 is 2.89 bits per heavy atom. The molecule has 1 aliphatic rings. The Kier molecular flexibility index (Phi) is 4.59. The van der Waals surface area contributed by atoms with E-state index in [1.807, 2.05) is 6.07 Å². The van der Waals surface area contributed by atoms with E-state index < -0.39 is 0 Å². The van der Waals surface area contributed by atoms with Crippen LogP contribution in [-0.2, 0) is 0 Å². The Labute approximate surface area is 109 Å². The van der Waals surface area contributed by atoms with E-state index in [9.17, 15) is 4.39 Å². The highest BCUT2D eigenvalue weighted by Gasteiger charge is 2.26. The molecular weight excluding hydrogens is 227 g/mol. The standard InChI is InChI=1S/C15H23FN2/c1-3-6-13-11-18(14(4-2)10-17-13)15-8-5-7-12(16)9-15/h5,7-9,13-14,17H,3-4,6,10-11H2,1-2H3. The molecule has 0 radical (unpaired) electrons. The maximum Gasteiger partial charge on any atom is 0.125 e. The molecule has 1 heterocycles. The van der Waals surface area contributed by atoms with Gasteiger partial charge in [-0.3, -0.25) is 0 Å². The predicted molar refractivity (Wildman–Crippen MR) is 74.5 cm³/mol. The van der Waals surface area contributed by atoms with Gasteiger partial charge in [0, 0.05) is 30.9 Å². The van der Waals surface area contributed by atoms with Crippen molar-refractivity contribution >= 4 is 5.69 Å². The summed E-state index contributed by atoms with van der Waals surface area (Å²) < 4.78 is 13.4. The van der Waals surface area contributed by atoms with Gasteiger partial charge in [-0.15, -0.1) is 0 Å². The minimum Gasteiger partial charge on any atom is -0.366 e. The maximum absolute atomic E-state index is 13.4. The molecule has 0 saturated carbocycles. The van der Waals surface area contributed by atoms with E-state index in [4.69, 9.17) is 0 Å². The van der Waals surface area contributed by atoms with Crippen LogP contribution in [0, 0.1) is 5.82 Å². The summed E-state index contributed by atoms with van der Waals surface area (Å²) in [7, 11) is 0. The van der Waals surface area contributed by atoms with E-state index in [-0.39, 0.29) is 5.82 Å². The molecule has 2 rings (SSSR count). The number of nitrogens with one attached hydrogen (secondary N) is 1. The Hall–Kier alpha value is -1.09. The van der Waals surface area contributed by atoms with Crippen LogP contribution in [0.1, 0.15) is 33.1 Å². The third-order valence-corrected chi connectivity index (χ3v) is 3.75. The first-order valence-corrected chi connectivity index (χ1v) is 7.00. The van der Waals surface area contributed by atoms with Gasteiger partial charge in [-0.2, -0.15) is 0 Å². The summed E-state index contributed by atoms with van der Waals surface area (Å²) in [6.07, 6.45) is 3.45. The van der Waals surface area contributed by atoms with Crippen LogP contribution in [0.2, 0.25) is 0 Å². The Balaban J connectivity index is 2.15. The van der Waals surface area contributed by atoms with Crippen LogP contribution in [0.25, 0.3) is 0 Å². The molecule has 1 saturated heterocycles. The molecule has 2 atom stereocenters. The van der Waals surface area contributed by atoms with Crippen LogP contribution in [0.15, 0.2) is 24.3 Å². The van der Waals surface area contributed by atoms with Gasteiger partial charge in [0.1, 0.15) is 5.82 Å². The van der Waals surface area contributed by atoms with Crippen LogP contribution in [0.4, 0.5) is 10.1 Å². The molecule has 0 aromatic heterocycles. The van der Waals surface area contributed by atoms with Gasteiger partial charge in [-0.25, -0.2) is 4.39 Å². The first-order chi connectivity index (χ1) is 8.74. The van der Waals surface area contributed by atoms with Crippen molar-refractivity contribution in [3.63, 3.8) is 0 Å². The number of hydrogen-bond donors (Lipinski definition) is 1. The molecule has 0 amide bonds. The summed E-state index contributed by atoms with van der Waals surface area (Å²) in [4.78, 5) is 2.36. The number of benzene rings is 1. The van der Waals surface area contributed by atoms with Crippen molar-refractivity contribution < 1.29 is 4.39 Å². The first kappa shape index (κ1) is 13.3. The van der Waals surface area contributed by atoms with Gasteiger partial charge >= 0.3 is 0 Å². The van der Waals surface area contributed by atoms with Crippen molar-refractivity contribution in [2.45, 2.75) is 45.2 Å². The second-order valence-corrected chi connectivity index (χ2v) is 5.09. The molecule has 18 heavy (non-hydrogen) atoms. The fourth-order valence-corrected chi connectivity index (χ4v) is 2.74. The third kappa shape index (κ3) is 3.02. The highest BCUT2D eigenvalue weighted by molar-refractivity contribution is 5.48. The molecule has 3 heteroatoms. The molecule has 1 N–H and O–H groups in total. The number of anilines is 1. The first-order valence-electron chi connectivity index (χ1n) is 7.00. The van der Waals surface area contributed by atoms with E-state index in [2.05, 4.69) is 24.1 Å². The molecule has 2 unspecified atom stereocenters. The number of nitrogens with zero attached hydrogens (tertiary/aromatic N) is 1. The quantitative estimate of drug-likeness (QED) is 0.883. The molecular formula is C15H23FN2. The van der Waals surface area contributed by atoms with Crippen molar-refractivity contribution in [2.24, 2.45) is 0 Å². The monoisotopic (exact) mass is 250 g/mol. The van der Waals surface area contributed by atoms with E-state index in [0.29, 0.717) is 12.1 Å². The van der Waals surface area contributed by atoms with Gasteiger partial charge in [0.15, 0.2) is 0 Å². The van der Waals surface area contributed by atoms with Crippen molar-refractivity contribution in [3.05, 3.63) is 30.1 Å². The highest BCUT2D eigenvalue weighted by atomic mass is 19.1. The summed E-state index contributed by atoms with van der Waals surface area (Å²) in [5, 5.41) is 3.60. The number of rotatable bonds is 4. The summed E-state index contributed by atoms with van der Waals surface area (Å²) in [6.45, 7) is 6.38. The zero-order valence-electron chi connectivity index (χ0n) is 11.3. The Morgan fingerprint density at radius 1 is 1.39 bits per heavy atom. The molecule has 0 aliphatic carbocycles. The van der Waals surface area contributed by atoms with Crippen LogP contribution in [0.3, 0.4) is 0 Å². The van der Waals surface area contributed by atoms with Crippen molar-refractivity contribution in [3.8, 4) is 0 Å². The molecule has 1 aromatic rings. The maximum atomic E-state index is 13.4. The zero-order valence-corrected chi connectivity index (χ0v) is 11.3. The van der Waals surface area contributed by atoms with Crippen LogP contribution in [0.5, 0.6) is 0 Å². The summed E-state index contributed by atoms with van der Waals surface area (Å²) >= 11 is 0. The summed E-state index contributed by atoms with van der Waals surface area (Å²) in [5.74, 6) is -0.145. The normalized spacial score (nSPS) is 24.3. The molecule has 100 valence electrons. The van der Waals surface area contributed by atoms with E-state index in [1.54, 1.807) is 12.1 Å². The Morgan fingerprint density at radius 2 is 2.22 bits per heavy atom. The van der Waals surface area contributed by atoms with Crippen LogP contribution < -0.4 is 10.2 Å². The van der Waals surface area contributed by atoms with Gasteiger partial charge in [0.05, 0.1) is 0 Å². The van der Waals surface area contributed by atoms with Crippen LogP contribution >= 0.6 is 0 Å². The molecule has 0 spiro atoms. The number of hydrogen-bond acceptors (Lipinski definition) is 2. The van der Waals surface area contributed by atoms with E-state index in [0.717, 1.165) is 25.2 Å². The van der Waals surface area contributed by atoms with Crippen molar-refractivity contribution in [1.29, 1.82) is 0 Å². The van der Waals surface area contributed by atoms with E-state index >= 15 is 0 Å². The average Bonchev–Trinajstić information content (AvgIpc) is 2.39. The fraction of sp³-hybridized carbons (Fsp3) is 0.600. The van der Waals surface area contributed by atoms with Crippen molar-refractivity contribution in [1.82, 2.24) is 5.32 Å². The topological polar surface area (TPSA) is 15.3 Å². The summed E-state index contributed by atoms with van der Waals surface area (Å²) in [6, 6.07) is 7.97. The molecule has 0 bridgehead atoms. The molecule has 1 fully saturated rings. The predicted octanol–water partition coefficient (Wildman–Crippen LogP) is 3.18. The fourth-order valence-electron chi connectivity index (χ4n) is 2.74. The summed E-state index contributed by atoms with van der Waals surface area (Å²) in [5.41, 5.74) is 1.02. The van der Waals surface area contributed by atoms with Gasteiger partial charge in [0.25, 0.3) is 0 Å². The highest BCUT2D eigenvalue weighted by Crippen LogP contribution is 2.23. The minimum absolute atomic E-state index is 0.145. The van der Waals surface area contributed by atoms with Crippen molar-refractivity contribution in [2.75, 3.05) is 18.0 Å². The lowest BCUT2D eigenvalue weighted by Gasteiger charge is -2.41. The van der Waals surface area contributed by atoms with Gasteiger partial charge in [-0.05, 0) is 31.0 Å². The largest absolute Gasteiger partial charge is 0.366 e. The minimum atomic E-state index is -0.145.